The lowest BCUT2D eigenvalue weighted by Crippen LogP contribution is -2.37. The maximum atomic E-state index is 12.5. The molecule has 1 atom stereocenters. The third-order valence-electron chi connectivity index (χ3n) is 2.80. The van der Waals surface area contributed by atoms with E-state index in [9.17, 15) is 18.0 Å². The molecule has 0 bridgehead atoms. The lowest BCUT2D eigenvalue weighted by Gasteiger charge is -2.13. The smallest absolute Gasteiger partial charge is 0.416 e. The molecule has 0 aromatic heterocycles. The fourth-order valence-corrected chi connectivity index (χ4v) is 2.61. The van der Waals surface area contributed by atoms with Crippen LogP contribution in [-0.2, 0) is 11.0 Å². The summed E-state index contributed by atoms with van der Waals surface area (Å²) in [5.74, 6) is -0.393. The van der Waals surface area contributed by atoms with E-state index < -0.39 is 23.8 Å². The topological polar surface area (TPSA) is 49.3 Å². The number of hydrogen-bond donors (Lipinski definition) is 2. The van der Waals surface area contributed by atoms with Gasteiger partial charge in [0.1, 0.15) is 6.04 Å². The SMILES string of the molecule is CCCC(NCCSc1cccc(C(F)(F)F)c1)C(=O)O. The summed E-state index contributed by atoms with van der Waals surface area (Å²) in [6.07, 6.45) is -3.06. The molecule has 0 fully saturated rings. The van der Waals surface area contributed by atoms with Gasteiger partial charge in [0, 0.05) is 17.2 Å². The van der Waals surface area contributed by atoms with Crippen LogP contribution in [0.25, 0.3) is 0 Å². The van der Waals surface area contributed by atoms with Crippen LogP contribution in [-0.4, -0.2) is 29.4 Å². The highest BCUT2D eigenvalue weighted by atomic mass is 32.2. The van der Waals surface area contributed by atoms with Crippen LogP contribution in [0.2, 0.25) is 0 Å². The Labute approximate surface area is 125 Å². The van der Waals surface area contributed by atoms with Crippen molar-refractivity contribution < 1.29 is 23.1 Å². The van der Waals surface area contributed by atoms with Crippen LogP contribution in [0.3, 0.4) is 0 Å². The summed E-state index contributed by atoms with van der Waals surface area (Å²) in [5, 5.41) is 11.8. The van der Waals surface area contributed by atoms with Gasteiger partial charge in [-0.15, -0.1) is 11.8 Å². The zero-order valence-electron chi connectivity index (χ0n) is 11.6. The van der Waals surface area contributed by atoms with Gasteiger partial charge in [0.25, 0.3) is 0 Å². The van der Waals surface area contributed by atoms with Crippen molar-refractivity contribution in [2.24, 2.45) is 0 Å². The number of nitrogens with one attached hydrogen (secondary N) is 1. The van der Waals surface area contributed by atoms with Crippen LogP contribution in [0.4, 0.5) is 13.2 Å². The molecule has 1 aromatic carbocycles. The minimum atomic E-state index is -4.34. The molecule has 0 spiro atoms. The van der Waals surface area contributed by atoms with Gasteiger partial charge in [-0.3, -0.25) is 4.79 Å². The van der Waals surface area contributed by atoms with Crippen molar-refractivity contribution in [2.45, 2.75) is 36.9 Å². The van der Waals surface area contributed by atoms with Crippen LogP contribution in [0.15, 0.2) is 29.2 Å². The van der Waals surface area contributed by atoms with Gasteiger partial charge in [-0.25, -0.2) is 0 Å². The first-order valence-corrected chi connectivity index (χ1v) is 7.59. The molecule has 7 heteroatoms. The molecule has 0 saturated carbocycles. The average molecular weight is 321 g/mol. The van der Waals surface area contributed by atoms with Gasteiger partial charge in [-0.1, -0.05) is 19.4 Å². The maximum Gasteiger partial charge on any atom is 0.416 e. The standard InChI is InChI=1S/C14H18F3NO2S/c1-2-4-12(13(19)20)18-7-8-21-11-6-3-5-10(9-11)14(15,16)17/h3,5-6,9,12,18H,2,4,7-8H2,1H3,(H,19,20). The fraction of sp³-hybridized carbons (Fsp3) is 0.500. The third-order valence-corrected chi connectivity index (χ3v) is 3.79. The van der Waals surface area contributed by atoms with Gasteiger partial charge in [-0.05, 0) is 24.6 Å². The van der Waals surface area contributed by atoms with Gasteiger partial charge in [0.2, 0.25) is 0 Å². The van der Waals surface area contributed by atoms with Gasteiger partial charge in [-0.2, -0.15) is 13.2 Å². The van der Waals surface area contributed by atoms with Crippen molar-refractivity contribution >= 4 is 17.7 Å². The Morgan fingerprint density at radius 3 is 2.71 bits per heavy atom. The van der Waals surface area contributed by atoms with E-state index in [1.54, 1.807) is 6.07 Å². The number of alkyl halides is 3. The monoisotopic (exact) mass is 321 g/mol. The third kappa shape index (κ3) is 6.39. The predicted octanol–water partition coefficient (Wildman–Crippen LogP) is 3.64. The van der Waals surface area contributed by atoms with E-state index >= 15 is 0 Å². The first-order valence-electron chi connectivity index (χ1n) is 6.61. The van der Waals surface area contributed by atoms with Crippen LogP contribution in [0.5, 0.6) is 0 Å². The number of benzene rings is 1. The summed E-state index contributed by atoms with van der Waals surface area (Å²) in [6.45, 7) is 2.33. The zero-order valence-corrected chi connectivity index (χ0v) is 12.4. The minimum Gasteiger partial charge on any atom is -0.480 e. The average Bonchev–Trinajstić information content (AvgIpc) is 2.41. The first kappa shape index (κ1) is 17.8. The Morgan fingerprint density at radius 1 is 1.43 bits per heavy atom. The van der Waals surface area contributed by atoms with Gasteiger partial charge in [0.15, 0.2) is 0 Å². The summed E-state index contributed by atoms with van der Waals surface area (Å²) in [5.41, 5.74) is -0.671. The van der Waals surface area contributed by atoms with Crippen LogP contribution in [0, 0.1) is 0 Å². The molecular weight excluding hydrogens is 303 g/mol. The lowest BCUT2D eigenvalue weighted by molar-refractivity contribution is -0.140. The largest absolute Gasteiger partial charge is 0.480 e. The molecular formula is C14H18F3NO2S. The van der Waals surface area contributed by atoms with Crippen molar-refractivity contribution in [3.63, 3.8) is 0 Å². The zero-order chi connectivity index (χ0) is 15.9. The molecule has 1 rings (SSSR count). The summed E-state index contributed by atoms with van der Waals surface area (Å²) in [6, 6.07) is 4.52. The number of carboxylic acid groups (broad SMARTS) is 1. The molecule has 0 aliphatic heterocycles. The first-order chi connectivity index (χ1) is 9.84. The van der Waals surface area contributed by atoms with Gasteiger partial charge >= 0.3 is 12.1 Å². The van der Waals surface area contributed by atoms with E-state index in [-0.39, 0.29) is 0 Å². The highest BCUT2D eigenvalue weighted by molar-refractivity contribution is 7.99. The Hall–Kier alpha value is -1.21. The van der Waals surface area contributed by atoms with Crippen molar-refractivity contribution in [1.82, 2.24) is 5.32 Å². The molecule has 0 radical (unpaired) electrons. The molecule has 2 N–H and O–H groups in total. The Bertz CT molecular complexity index is 466. The van der Waals surface area contributed by atoms with Gasteiger partial charge < -0.3 is 10.4 Å². The number of carbonyl (C=O) groups is 1. The molecule has 1 aromatic rings. The number of thioether (sulfide) groups is 1. The van der Waals surface area contributed by atoms with E-state index in [0.717, 1.165) is 18.6 Å². The summed E-state index contributed by atoms with van der Waals surface area (Å²) < 4.78 is 37.6. The Balaban J connectivity index is 2.44. The number of hydrogen-bond acceptors (Lipinski definition) is 3. The summed E-state index contributed by atoms with van der Waals surface area (Å²) in [7, 11) is 0. The van der Waals surface area contributed by atoms with Crippen molar-refractivity contribution in [3.05, 3.63) is 29.8 Å². The van der Waals surface area contributed by atoms with Crippen molar-refractivity contribution in [1.29, 1.82) is 0 Å². The molecule has 0 heterocycles. The minimum absolute atomic E-state index is 0.428. The molecule has 0 amide bonds. The summed E-state index contributed by atoms with van der Waals surface area (Å²) in [4.78, 5) is 11.4. The van der Waals surface area contributed by atoms with Crippen LogP contribution >= 0.6 is 11.8 Å². The number of halogens is 3. The molecule has 1 unspecified atom stereocenters. The number of rotatable bonds is 8. The quantitative estimate of drug-likeness (QED) is 0.567. The van der Waals surface area contributed by atoms with Gasteiger partial charge in [0.05, 0.1) is 5.56 Å². The molecule has 118 valence electrons. The maximum absolute atomic E-state index is 12.5. The number of aliphatic carboxylic acids is 1. The van der Waals surface area contributed by atoms with Crippen LogP contribution < -0.4 is 5.32 Å². The molecule has 3 nitrogen and oxygen atoms in total. The predicted molar refractivity (Wildman–Crippen MR) is 76.5 cm³/mol. The second-order valence-corrected chi connectivity index (χ2v) is 5.68. The van der Waals surface area contributed by atoms with E-state index in [0.29, 0.717) is 23.6 Å². The van der Waals surface area contributed by atoms with E-state index in [1.165, 1.54) is 17.8 Å². The molecule has 21 heavy (non-hydrogen) atoms. The fourth-order valence-electron chi connectivity index (χ4n) is 1.77. The summed E-state index contributed by atoms with van der Waals surface area (Å²) >= 11 is 1.27. The van der Waals surface area contributed by atoms with E-state index in [4.69, 9.17) is 5.11 Å². The van der Waals surface area contributed by atoms with E-state index in [2.05, 4.69) is 5.32 Å². The second-order valence-electron chi connectivity index (χ2n) is 4.51. The van der Waals surface area contributed by atoms with Crippen molar-refractivity contribution in [2.75, 3.05) is 12.3 Å². The van der Waals surface area contributed by atoms with Crippen molar-refractivity contribution in [3.8, 4) is 0 Å². The highest BCUT2D eigenvalue weighted by Crippen LogP contribution is 2.31. The van der Waals surface area contributed by atoms with Crippen LogP contribution in [0.1, 0.15) is 25.3 Å². The second kappa shape index (κ2) is 8.29. The Kier molecular flexibility index (Phi) is 7.04. The molecule has 0 aliphatic rings. The molecule has 0 aliphatic carbocycles. The normalized spacial score (nSPS) is 13.1. The molecule has 0 saturated heterocycles. The highest BCUT2D eigenvalue weighted by Gasteiger charge is 2.30. The lowest BCUT2D eigenvalue weighted by atomic mass is 10.2. The number of carboxylic acids is 1. The van der Waals surface area contributed by atoms with E-state index in [1.807, 2.05) is 6.92 Å². The Morgan fingerprint density at radius 2 is 2.14 bits per heavy atom.